The molecule has 0 aliphatic carbocycles. The quantitative estimate of drug-likeness (QED) is 0.540. The van der Waals surface area contributed by atoms with E-state index in [1.165, 1.54) is 4.68 Å². The third-order valence-electron chi connectivity index (χ3n) is 5.43. The molecular formula is C22H24N5O2P. The number of ether oxygens (including phenoxy) is 1. The predicted molar refractivity (Wildman–Crippen MR) is 117 cm³/mol. The van der Waals surface area contributed by atoms with Crippen molar-refractivity contribution in [3.63, 3.8) is 0 Å². The maximum Gasteiger partial charge on any atom is 0.166 e. The Balaban J connectivity index is 1.98. The molecule has 30 heavy (non-hydrogen) atoms. The molecule has 3 aromatic rings. The summed E-state index contributed by atoms with van der Waals surface area (Å²) in [6, 6.07) is 10.1. The summed E-state index contributed by atoms with van der Waals surface area (Å²) >= 11 is 0. The predicted octanol–water partition coefficient (Wildman–Crippen LogP) is 4.39. The summed E-state index contributed by atoms with van der Waals surface area (Å²) in [5.41, 5.74) is 11.5. The number of anilines is 1. The Hall–Kier alpha value is -3.10. The smallest absolute Gasteiger partial charge is 0.166 e. The van der Waals surface area contributed by atoms with E-state index in [4.69, 9.17) is 10.5 Å². The summed E-state index contributed by atoms with van der Waals surface area (Å²) in [7, 11) is -0.942. The number of nitrogens with zero attached hydrogens (tertiary/aromatic N) is 4. The molecule has 0 amide bonds. The van der Waals surface area contributed by atoms with Crippen molar-refractivity contribution in [2.75, 3.05) is 12.4 Å². The molecule has 0 saturated carbocycles. The van der Waals surface area contributed by atoms with E-state index in [2.05, 4.69) is 22.2 Å². The number of nitrogen functional groups attached to an aromatic ring is 1. The highest BCUT2D eigenvalue weighted by molar-refractivity contribution is 7.61. The highest BCUT2D eigenvalue weighted by Gasteiger charge is 2.28. The molecule has 0 saturated heterocycles. The minimum Gasteiger partial charge on any atom is -0.482 e. The van der Waals surface area contributed by atoms with Crippen molar-refractivity contribution in [2.45, 2.75) is 32.3 Å². The van der Waals surface area contributed by atoms with Crippen LogP contribution in [0.3, 0.4) is 0 Å². The summed E-state index contributed by atoms with van der Waals surface area (Å²) in [5, 5.41) is 14.2. The van der Waals surface area contributed by atoms with Crippen LogP contribution in [0.1, 0.15) is 41.1 Å². The minimum absolute atomic E-state index is 0.280. The summed E-state index contributed by atoms with van der Waals surface area (Å²) in [6.45, 7) is 5.77. The Morgan fingerprint density at radius 2 is 2.10 bits per heavy atom. The van der Waals surface area contributed by atoms with Crippen molar-refractivity contribution in [3.8, 4) is 22.9 Å². The van der Waals surface area contributed by atoms with Gasteiger partial charge in [-0.25, -0.2) is 4.98 Å². The third kappa shape index (κ3) is 3.59. The molecule has 2 N–H and O–H groups in total. The molecule has 2 aromatic heterocycles. The molecular weight excluding hydrogens is 397 g/mol. The summed E-state index contributed by atoms with van der Waals surface area (Å²) < 4.78 is 21.4. The van der Waals surface area contributed by atoms with Crippen molar-refractivity contribution in [2.24, 2.45) is 7.05 Å². The van der Waals surface area contributed by atoms with E-state index in [0.717, 1.165) is 16.7 Å². The SMILES string of the molecule is Cc1ccc2c(c1)[C@@H](C)Oc1cc(cnc1N)-c1c(nn(C)c1C#N)CP(C)(=O)C2. The normalized spacial score (nSPS) is 20.7. The van der Waals surface area contributed by atoms with Gasteiger partial charge in [0.05, 0.1) is 12.8 Å². The second-order valence-electron chi connectivity index (χ2n) is 8.09. The number of benzene rings is 1. The number of fused-ring (bicyclic) bond motifs is 5. The molecule has 3 heterocycles. The highest BCUT2D eigenvalue weighted by Crippen LogP contribution is 2.51. The average molecular weight is 421 g/mol. The van der Waals surface area contributed by atoms with Crippen LogP contribution >= 0.6 is 7.14 Å². The van der Waals surface area contributed by atoms with E-state index in [0.29, 0.717) is 40.6 Å². The molecule has 1 aliphatic heterocycles. The van der Waals surface area contributed by atoms with Gasteiger partial charge in [-0.1, -0.05) is 23.8 Å². The lowest BCUT2D eigenvalue weighted by Crippen LogP contribution is -2.10. The number of aryl methyl sites for hydroxylation is 2. The van der Waals surface area contributed by atoms with Crippen LogP contribution in [-0.2, 0) is 23.9 Å². The van der Waals surface area contributed by atoms with E-state index < -0.39 is 7.14 Å². The Morgan fingerprint density at radius 1 is 1.33 bits per heavy atom. The zero-order chi connectivity index (χ0) is 21.6. The number of pyridine rings is 1. The van der Waals surface area contributed by atoms with Gasteiger partial charge in [-0.15, -0.1) is 0 Å². The standard InChI is InChI=1S/C22H24N5O2P/c1-13-5-6-15-11-30(4,28)12-18-21(19(9-23)27(3)26-18)16-8-20(22(24)25-10-16)29-14(2)17(15)7-13/h5-8,10,14H,11-12H2,1-4H3,(H2,24,25)/t14-,30?/m1/s1. The van der Waals surface area contributed by atoms with Gasteiger partial charge in [-0.3, -0.25) is 4.68 Å². The number of hydrogen-bond donors (Lipinski definition) is 1. The zero-order valence-corrected chi connectivity index (χ0v) is 18.4. The number of hydrogen-bond acceptors (Lipinski definition) is 6. The third-order valence-corrected chi connectivity index (χ3v) is 7.41. The highest BCUT2D eigenvalue weighted by atomic mass is 31.2. The van der Waals surface area contributed by atoms with Crippen LogP contribution in [0, 0.1) is 18.3 Å². The average Bonchev–Trinajstić information content (AvgIpc) is 2.98. The Kier molecular flexibility index (Phi) is 4.91. The van der Waals surface area contributed by atoms with E-state index in [1.807, 2.05) is 26.0 Å². The molecule has 1 aromatic carbocycles. The van der Waals surface area contributed by atoms with Crippen molar-refractivity contribution in [1.29, 1.82) is 5.26 Å². The summed E-state index contributed by atoms with van der Waals surface area (Å²) in [5.74, 6) is 0.730. The molecule has 2 atom stereocenters. The topological polar surface area (TPSA) is 107 Å². The molecule has 4 rings (SSSR count). The van der Waals surface area contributed by atoms with E-state index in [1.54, 1.807) is 26.0 Å². The van der Waals surface area contributed by atoms with Crippen LogP contribution in [0.25, 0.3) is 11.1 Å². The van der Waals surface area contributed by atoms with Gasteiger partial charge in [0.2, 0.25) is 0 Å². The molecule has 1 aliphatic rings. The second kappa shape index (κ2) is 7.30. The lowest BCUT2D eigenvalue weighted by Gasteiger charge is -2.23. The van der Waals surface area contributed by atoms with Crippen molar-refractivity contribution < 1.29 is 9.30 Å². The van der Waals surface area contributed by atoms with Gasteiger partial charge in [-0.05, 0) is 37.7 Å². The van der Waals surface area contributed by atoms with E-state index in [9.17, 15) is 9.83 Å². The van der Waals surface area contributed by atoms with E-state index in [-0.39, 0.29) is 11.9 Å². The van der Waals surface area contributed by atoms with Crippen LogP contribution < -0.4 is 10.5 Å². The Morgan fingerprint density at radius 3 is 2.83 bits per heavy atom. The van der Waals surface area contributed by atoms with Crippen LogP contribution in [0.2, 0.25) is 0 Å². The molecule has 2 bridgehead atoms. The van der Waals surface area contributed by atoms with Gasteiger partial charge in [0.1, 0.15) is 17.9 Å². The van der Waals surface area contributed by atoms with Crippen molar-refractivity contribution in [1.82, 2.24) is 14.8 Å². The molecule has 0 fully saturated rings. The fourth-order valence-electron chi connectivity index (χ4n) is 4.03. The van der Waals surface area contributed by atoms with Gasteiger partial charge in [-0.2, -0.15) is 10.4 Å². The molecule has 7 nitrogen and oxygen atoms in total. The minimum atomic E-state index is -2.66. The monoisotopic (exact) mass is 421 g/mol. The number of rotatable bonds is 0. The summed E-state index contributed by atoms with van der Waals surface area (Å²) in [4.78, 5) is 4.29. The summed E-state index contributed by atoms with van der Waals surface area (Å²) in [6.07, 6.45) is 2.02. The number of aromatic nitrogens is 3. The van der Waals surface area contributed by atoms with Crippen LogP contribution in [0.5, 0.6) is 5.75 Å². The van der Waals surface area contributed by atoms with Crippen LogP contribution in [0.15, 0.2) is 30.5 Å². The van der Waals surface area contributed by atoms with Gasteiger partial charge >= 0.3 is 0 Å². The van der Waals surface area contributed by atoms with Crippen LogP contribution in [0.4, 0.5) is 5.82 Å². The van der Waals surface area contributed by atoms with E-state index >= 15 is 0 Å². The molecule has 1 unspecified atom stereocenters. The number of nitriles is 1. The van der Waals surface area contributed by atoms with Gasteiger partial charge in [0.15, 0.2) is 11.6 Å². The fourth-order valence-corrected chi connectivity index (χ4v) is 6.01. The largest absolute Gasteiger partial charge is 0.482 e. The Labute approximate surface area is 175 Å². The molecule has 0 radical (unpaired) electrons. The fraction of sp³-hybridized carbons (Fsp3) is 0.318. The Bertz CT molecular complexity index is 1240. The van der Waals surface area contributed by atoms with Gasteiger partial charge in [0, 0.05) is 36.7 Å². The zero-order valence-electron chi connectivity index (χ0n) is 17.5. The first-order chi connectivity index (χ1) is 14.2. The van der Waals surface area contributed by atoms with Crippen molar-refractivity contribution >= 4 is 13.0 Å². The first-order valence-corrected chi connectivity index (χ1v) is 12.2. The second-order valence-corrected chi connectivity index (χ2v) is 11.3. The lowest BCUT2D eigenvalue weighted by atomic mass is 10.0. The van der Waals surface area contributed by atoms with Crippen LogP contribution in [-0.4, -0.2) is 21.4 Å². The molecule has 8 heteroatoms. The number of nitrogens with two attached hydrogens (primary N) is 1. The molecule has 0 spiro atoms. The van der Waals surface area contributed by atoms with Gasteiger partial charge in [0.25, 0.3) is 0 Å². The molecule has 154 valence electrons. The first-order valence-electron chi connectivity index (χ1n) is 9.72. The lowest BCUT2D eigenvalue weighted by molar-refractivity contribution is 0.227. The maximum atomic E-state index is 13.7. The van der Waals surface area contributed by atoms with Gasteiger partial charge < -0.3 is 15.0 Å². The first kappa shape index (κ1) is 20.2. The van der Waals surface area contributed by atoms with Crippen molar-refractivity contribution in [3.05, 3.63) is 58.5 Å². The maximum absolute atomic E-state index is 13.7.